The Morgan fingerprint density at radius 1 is 1.44 bits per heavy atom. The number of oxime groups is 1. The molecule has 13 nitrogen and oxygen atoms in total. The lowest BCUT2D eigenvalue weighted by molar-refractivity contribution is -0.150. The number of hydrogen-bond donors (Lipinski definition) is 3. The molecule has 34 heavy (non-hydrogen) atoms. The van der Waals surface area contributed by atoms with Crippen molar-refractivity contribution < 1.29 is 24.3 Å². The van der Waals surface area contributed by atoms with E-state index in [0.29, 0.717) is 22.2 Å². The van der Waals surface area contributed by atoms with Crippen LogP contribution in [0.25, 0.3) is 0 Å². The Morgan fingerprint density at radius 3 is 2.79 bits per heavy atom. The summed E-state index contributed by atoms with van der Waals surface area (Å²) in [5.41, 5.74) is 6.24. The Balaban J connectivity index is 1.49. The van der Waals surface area contributed by atoms with E-state index < -0.39 is 29.2 Å². The summed E-state index contributed by atoms with van der Waals surface area (Å²) in [7, 11) is 3.10. The van der Waals surface area contributed by atoms with Crippen LogP contribution in [0.5, 0.6) is 0 Å². The summed E-state index contributed by atoms with van der Waals surface area (Å²) in [6.45, 7) is 1.82. The lowest BCUT2D eigenvalue weighted by Crippen LogP contribution is -2.71. The van der Waals surface area contributed by atoms with Gasteiger partial charge in [0.15, 0.2) is 16.0 Å². The quantitative estimate of drug-likeness (QED) is 0.184. The van der Waals surface area contributed by atoms with E-state index in [1.165, 1.54) is 35.5 Å². The van der Waals surface area contributed by atoms with Crippen molar-refractivity contribution in [3.05, 3.63) is 28.2 Å². The minimum atomic E-state index is -1.20. The zero-order chi connectivity index (χ0) is 24.6. The SMILES string of the molecule is CO/N=C(/C(=O)N[C@@H]1C(=O)N2C(C(=O)O)=C(CSc3nnc(C)n3C)CSC12)c1csc(N)n1. The fraction of sp³-hybridized carbons (Fsp3) is 0.389. The number of thiazole rings is 1. The monoisotopic (exact) mass is 524 g/mol. The fourth-order valence-corrected chi connectivity index (χ4v) is 6.35. The molecule has 1 saturated heterocycles. The summed E-state index contributed by atoms with van der Waals surface area (Å²) < 4.78 is 1.81. The summed E-state index contributed by atoms with van der Waals surface area (Å²) in [5.74, 6) is -0.938. The van der Waals surface area contributed by atoms with Crippen LogP contribution in [0, 0.1) is 6.92 Å². The molecule has 2 aromatic rings. The van der Waals surface area contributed by atoms with Gasteiger partial charge in [-0.1, -0.05) is 16.9 Å². The van der Waals surface area contributed by atoms with Crippen LogP contribution >= 0.6 is 34.9 Å². The lowest BCUT2D eigenvalue weighted by Gasteiger charge is -2.49. The first-order valence-corrected chi connectivity index (χ1v) is 12.7. The molecule has 0 spiro atoms. The van der Waals surface area contributed by atoms with Crippen LogP contribution < -0.4 is 11.1 Å². The van der Waals surface area contributed by atoms with E-state index in [0.717, 1.165) is 17.2 Å². The van der Waals surface area contributed by atoms with Gasteiger partial charge in [0.25, 0.3) is 11.8 Å². The third kappa shape index (κ3) is 4.35. The second-order valence-corrected chi connectivity index (χ2v) is 10.1. The van der Waals surface area contributed by atoms with Crippen molar-refractivity contribution >= 4 is 63.5 Å². The number of carboxylic acids is 1. The molecule has 2 aliphatic rings. The molecule has 16 heteroatoms. The van der Waals surface area contributed by atoms with Gasteiger partial charge in [0.05, 0.1) is 0 Å². The molecule has 2 aliphatic heterocycles. The van der Waals surface area contributed by atoms with E-state index in [1.54, 1.807) is 9.95 Å². The topological polar surface area (TPSA) is 178 Å². The van der Waals surface area contributed by atoms with E-state index in [9.17, 15) is 19.5 Å². The maximum Gasteiger partial charge on any atom is 0.352 e. The highest BCUT2D eigenvalue weighted by Gasteiger charge is 2.54. The van der Waals surface area contributed by atoms with Gasteiger partial charge in [-0.25, -0.2) is 9.78 Å². The third-order valence-corrected chi connectivity index (χ3v) is 8.25. The summed E-state index contributed by atoms with van der Waals surface area (Å²) in [6, 6.07) is -0.916. The summed E-state index contributed by atoms with van der Waals surface area (Å²) in [6.07, 6.45) is 0. The number of rotatable bonds is 8. The van der Waals surface area contributed by atoms with Crippen LogP contribution in [0.3, 0.4) is 0 Å². The van der Waals surface area contributed by atoms with Crippen LogP contribution in [-0.4, -0.2) is 83.3 Å². The molecule has 0 radical (unpaired) electrons. The average Bonchev–Trinajstić information content (AvgIpc) is 3.38. The molecule has 2 amide bonds. The van der Waals surface area contributed by atoms with E-state index in [1.807, 2.05) is 14.0 Å². The number of carboxylic acid groups (broad SMARTS) is 1. The first-order valence-electron chi connectivity index (χ1n) is 9.75. The lowest BCUT2D eigenvalue weighted by atomic mass is 10.0. The van der Waals surface area contributed by atoms with Crippen molar-refractivity contribution in [2.75, 3.05) is 24.3 Å². The Kier molecular flexibility index (Phi) is 6.81. The number of thioether (sulfide) groups is 2. The van der Waals surface area contributed by atoms with Gasteiger partial charge in [-0.2, -0.15) is 0 Å². The molecule has 1 fully saturated rings. The molecule has 4 heterocycles. The fourth-order valence-electron chi connectivity index (χ4n) is 3.36. The number of nitrogens with zero attached hydrogens (tertiary/aromatic N) is 6. The zero-order valence-corrected chi connectivity index (χ0v) is 20.7. The number of anilines is 1. The highest BCUT2D eigenvalue weighted by Crippen LogP contribution is 2.41. The normalized spacial score (nSPS) is 20.1. The van der Waals surface area contributed by atoms with E-state index in [4.69, 9.17) is 10.6 Å². The Bertz CT molecular complexity index is 1220. The first-order chi connectivity index (χ1) is 16.2. The molecule has 2 atom stereocenters. The highest BCUT2D eigenvalue weighted by molar-refractivity contribution is 8.01. The number of hydrogen-bond acceptors (Lipinski definition) is 12. The van der Waals surface area contributed by atoms with Gasteiger partial charge in [0.1, 0.15) is 35.7 Å². The Hall–Kier alpha value is -3.11. The molecular weight excluding hydrogens is 504 g/mol. The molecule has 0 saturated carbocycles. The number of β-lactam (4-membered cyclic amide) rings is 1. The largest absolute Gasteiger partial charge is 0.477 e. The van der Waals surface area contributed by atoms with Crippen molar-refractivity contribution in [3.63, 3.8) is 0 Å². The smallest absolute Gasteiger partial charge is 0.352 e. The molecule has 0 aromatic carbocycles. The number of aromatic nitrogens is 4. The molecular formula is C18H20N8O5S3. The van der Waals surface area contributed by atoms with Gasteiger partial charge in [-0.15, -0.1) is 33.3 Å². The predicted molar refractivity (Wildman–Crippen MR) is 126 cm³/mol. The van der Waals surface area contributed by atoms with Crippen molar-refractivity contribution in [3.8, 4) is 0 Å². The summed E-state index contributed by atoms with van der Waals surface area (Å²) >= 11 is 3.85. The van der Waals surface area contributed by atoms with Crippen molar-refractivity contribution in [1.29, 1.82) is 0 Å². The number of aliphatic carboxylic acids is 1. The minimum absolute atomic E-state index is 0.0660. The maximum absolute atomic E-state index is 12.9. The van der Waals surface area contributed by atoms with Crippen LogP contribution in [-0.2, 0) is 26.3 Å². The van der Waals surface area contributed by atoms with Crippen molar-refractivity contribution in [2.45, 2.75) is 23.5 Å². The molecule has 1 unspecified atom stereocenters. The Labute approximate surface area is 205 Å². The molecule has 2 aromatic heterocycles. The number of carbonyl (C=O) groups excluding carboxylic acids is 2. The van der Waals surface area contributed by atoms with Crippen molar-refractivity contribution in [1.82, 2.24) is 30.0 Å². The number of nitrogens with two attached hydrogens (primary N) is 1. The zero-order valence-electron chi connectivity index (χ0n) is 18.2. The number of carbonyl (C=O) groups is 3. The second kappa shape index (κ2) is 9.63. The molecule has 4 N–H and O–H groups in total. The highest BCUT2D eigenvalue weighted by atomic mass is 32.2. The number of aryl methyl sites for hydroxylation is 1. The number of amides is 2. The molecule has 180 valence electrons. The summed E-state index contributed by atoms with van der Waals surface area (Å²) in [4.78, 5) is 47.8. The molecule has 0 bridgehead atoms. The van der Waals surface area contributed by atoms with Gasteiger partial charge >= 0.3 is 5.97 Å². The predicted octanol–water partition coefficient (Wildman–Crippen LogP) is 0.0436. The minimum Gasteiger partial charge on any atom is -0.477 e. The third-order valence-electron chi connectivity index (χ3n) is 5.13. The van der Waals surface area contributed by atoms with Crippen molar-refractivity contribution in [2.24, 2.45) is 12.2 Å². The number of nitrogen functional groups attached to an aromatic ring is 1. The Morgan fingerprint density at radius 2 is 2.21 bits per heavy atom. The van der Waals surface area contributed by atoms with Crippen LogP contribution in [0.15, 0.2) is 27.0 Å². The summed E-state index contributed by atoms with van der Waals surface area (Å²) in [5, 5.41) is 26.1. The standard InChI is InChI=1S/C18H20N8O5S3/c1-7-22-23-18(25(7)2)34-5-8-4-32-15-11(14(28)26(15)12(8)16(29)30)21-13(27)10(24-31-3)9-6-33-17(19)20-9/h6,11,15H,4-5H2,1-3H3,(H2,19,20)(H,21,27)(H,29,30)/b24-10+/t11-,15?/m1/s1. The number of fused-ring (bicyclic) bond motifs is 1. The first kappa shape index (κ1) is 24.0. The van der Waals surface area contributed by atoms with Crippen LogP contribution in [0.1, 0.15) is 11.5 Å². The van der Waals surface area contributed by atoms with Gasteiger partial charge in [-0.3, -0.25) is 14.5 Å². The molecule has 0 aliphatic carbocycles. The van der Waals surface area contributed by atoms with Crippen LogP contribution in [0.2, 0.25) is 0 Å². The second-order valence-electron chi connectivity index (χ2n) is 7.19. The van der Waals surface area contributed by atoms with Crippen LogP contribution in [0.4, 0.5) is 5.13 Å². The molecule has 4 rings (SSSR count). The maximum atomic E-state index is 12.9. The number of nitrogens with one attached hydrogen (secondary N) is 1. The van der Waals surface area contributed by atoms with E-state index >= 15 is 0 Å². The average molecular weight is 525 g/mol. The van der Waals surface area contributed by atoms with E-state index in [2.05, 4.69) is 25.7 Å². The van der Waals surface area contributed by atoms with Gasteiger partial charge < -0.3 is 25.6 Å². The van der Waals surface area contributed by atoms with Gasteiger partial charge in [0, 0.05) is 23.9 Å². The van der Waals surface area contributed by atoms with Gasteiger partial charge in [-0.05, 0) is 12.5 Å². The van der Waals surface area contributed by atoms with Gasteiger partial charge in [0.2, 0.25) is 0 Å². The van der Waals surface area contributed by atoms with E-state index in [-0.39, 0.29) is 22.2 Å².